The van der Waals surface area contributed by atoms with Gasteiger partial charge in [-0.3, -0.25) is 19.3 Å². The largest absolute Gasteiger partial charge is 0.296 e. The van der Waals surface area contributed by atoms with E-state index in [1.165, 1.54) is 10.6 Å². The second kappa shape index (κ2) is 13.4. The Morgan fingerprint density at radius 1 is 1.00 bits per heavy atom. The Balaban J connectivity index is 1.57. The van der Waals surface area contributed by atoms with Gasteiger partial charge in [-0.05, 0) is 62.5 Å². The highest BCUT2D eigenvalue weighted by Gasteiger charge is 2.40. The van der Waals surface area contributed by atoms with Crippen LogP contribution < -0.4 is 0 Å². The molecule has 0 spiro atoms. The molecule has 1 unspecified atom stereocenters. The molecular weight excluding hydrogens is 519 g/mol. The number of amides is 1. The van der Waals surface area contributed by atoms with Gasteiger partial charge in [0.05, 0.1) is 23.2 Å². The first-order valence-corrected chi connectivity index (χ1v) is 13.9. The van der Waals surface area contributed by atoms with Crippen molar-refractivity contribution in [3.8, 4) is 0 Å². The van der Waals surface area contributed by atoms with E-state index in [9.17, 15) is 9.59 Å². The third kappa shape index (κ3) is 6.83. The Labute approximate surface area is 235 Å². The minimum absolute atomic E-state index is 0.0141. The van der Waals surface area contributed by atoms with Crippen LogP contribution in [0.2, 0.25) is 10.0 Å². The highest BCUT2D eigenvalue weighted by molar-refractivity contribution is 6.42. The van der Waals surface area contributed by atoms with Crippen molar-refractivity contribution in [2.45, 2.75) is 44.1 Å². The molecule has 1 aliphatic rings. The van der Waals surface area contributed by atoms with Crippen LogP contribution in [0.15, 0.2) is 78.9 Å². The van der Waals surface area contributed by atoms with Gasteiger partial charge in [-0.1, -0.05) is 89.9 Å². The van der Waals surface area contributed by atoms with E-state index >= 15 is 0 Å². The quantitative estimate of drug-likeness (QED) is 0.136. The second-order valence-electron chi connectivity index (χ2n) is 9.80. The molecule has 0 radical (unpaired) electrons. The minimum atomic E-state index is -0.226. The van der Waals surface area contributed by atoms with Crippen LogP contribution in [0, 0.1) is 0 Å². The topological polar surface area (TPSA) is 49.9 Å². The summed E-state index contributed by atoms with van der Waals surface area (Å²) < 4.78 is 0. The van der Waals surface area contributed by atoms with Crippen molar-refractivity contribution in [2.75, 3.05) is 26.2 Å². The van der Waals surface area contributed by atoms with Crippen LogP contribution in [0.1, 0.15) is 60.1 Å². The van der Waals surface area contributed by atoms with Crippen LogP contribution in [0.4, 0.5) is 0 Å². The molecule has 1 saturated heterocycles. The maximum atomic E-state index is 13.0. The van der Waals surface area contributed by atoms with Crippen molar-refractivity contribution in [3.05, 3.63) is 106 Å². The number of ketones is 1. The van der Waals surface area contributed by atoms with E-state index in [1.807, 2.05) is 73.7 Å². The summed E-state index contributed by atoms with van der Waals surface area (Å²) in [7, 11) is 0. The van der Waals surface area contributed by atoms with Crippen LogP contribution in [-0.4, -0.2) is 48.4 Å². The third-order valence-electron chi connectivity index (χ3n) is 7.52. The molecule has 1 heterocycles. The number of benzene rings is 3. The summed E-state index contributed by atoms with van der Waals surface area (Å²) in [5.74, 6) is 0.129. The number of rotatable bonds is 12. The highest BCUT2D eigenvalue weighted by atomic mass is 35.5. The van der Waals surface area contributed by atoms with Crippen molar-refractivity contribution < 1.29 is 14.4 Å². The number of carbonyl (C=O) groups is 2. The smallest absolute Gasteiger partial charge is 0.233 e. The molecule has 1 aliphatic heterocycles. The van der Waals surface area contributed by atoms with Crippen LogP contribution in [0.5, 0.6) is 0 Å². The predicted molar refractivity (Wildman–Crippen MR) is 153 cm³/mol. The molecule has 0 N–H and O–H groups in total. The molecule has 1 atom stereocenters. The molecule has 1 fully saturated rings. The van der Waals surface area contributed by atoms with E-state index in [4.69, 9.17) is 28.0 Å². The fourth-order valence-corrected chi connectivity index (χ4v) is 5.79. The Morgan fingerprint density at radius 2 is 1.66 bits per heavy atom. The average Bonchev–Trinajstić information content (AvgIpc) is 2.96. The lowest BCUT2D eigenvalue weighted by Gasteiger charge is -2.46. The van der Waals surface area contributed by atoms with E-state index in [2.05, 4.69) is 17.0 Å². The standard InChI is InChI=1S/C31H34Cl2N2O3/c1-2-38-35(23-36)22-31(26-11-7-4-8-12-26)17-19-34(20-18-31)29(25-13-14-27(32)28(33)21-25)15-16-30(37)24-9-5-3-6-10-24/h3-14,21,23,29H,2,15-20,22H2,1H3. The van der Waals surface area contributed by atoms with Gasteiger partial charge in [0.2, 0.25) is 6.41 Å². The lowest BCUT2D eigenvalue weighted by molar-refractivity contribution is -0.177. The van der Waals surface area contributed by atoms with E-state index in [1.54, 1.807) is 0 Å². The molecule has 5 nitrogen and oxygen atoms in total. The van der Waals surface area contributed by atoms with Crippen molar-refractivity contribution in [2.24, 2.45) is 0 Å². The number of hydrogen-bond acceptors (Lipinski definition) is 4. The molecule has 0 aromatic heterocycles. The lowest BCUT2D eigenvalue weighted by atomic mass is 9.72. The predicted octanol–water partition coefficient (Wildman–Crippen LogP) is 7.14. The Hall–Kier alpha value is -2.70. The van der Waals surface area contributed by atoms with E-state index < -0.39 is 0 Å². The molecule has 38 heavy (non-hydrogen) atoms. The normalized spacial score (nSPS) is 16.1. The summed E-state index contributed by atoms with van der Waals surface area (Å²) in [4.78, 5) is 32.8. The van der Waals surface area contributed by atoms with Gasteiger partial charge in [0.15, 0.2) is 5.78 Å². The first-order chi connectivity index (χ1) is 18.5. The molecule has 0 aliphatic carbocycles. The Morgan fingerprint density at radius 3 is 2.26 bits per heavy atom. The molecule has 1 amide bonds. The molecule has 3 aromatic rings. The summed E-state index contributed by atoms with van der Waals surface area (Å²) >= 11 is 12.6. The lowest BCUT2D eigenvalue weighted by Crippen LogP contribution is -2.49. The zero-order valence-electron chi connectivity index (χ0n) is 21.7. The SMILES string of the molecule is CCON(C=O)CC1(c2ccccc2)CCN(C(CCC(=O)c2ccccc2)c2ccc(Cl)c(Cl)c2)CC1. The Kier molecular flexibility index (Phi) is 9.97. The van der Waals surface area contributed by atoms with Crippen LogP contribution >= 0.6 is 23.2 Å². The number of carbonyl (C=O) groups excluding carboxylic acids is 2. The number of Topliss-reactive ketones (excluding diaryl/α,β-unsaturated/α-hetero) is 1. The van der Waals surface area contributed by atoms with Gasteiger partial charge in [0.25, 0.3) is 0 Å². The van der Waals surface area contributed by atoms with Crippen molar-refractivity contribution in [1.29, 1.82) is 0 Å². The fourth-order valence-electron chi connectivity index (χ4n) is 5.49. The van der Waals surface area contributed by atoms with E-state index in [-0.39, 0.29) is 17.2 Å². The van der Waals surface area contributed by atoms with E-state index in [0.717, 1.165) is 43.5 Å². The van der Waals surface area contributed by atoms with Crippen molar-refractivity contribution >= 4 is 35.4 Å². The van der Waals surface area contributed by atoms with E-state index in [0.29, 0.717) is 36.0 Å². The number of nitrogens with zero attached hydrogens (tertiary/aromatic N) is 2. The summed E-state index contributed by atoms with van der Waals surface area (Å²) in [5, 5.41) is 2.45. The van der Waals surface area contributed by atoms with Crippen LogP contribution in [0.3, 0.4) is 0 Å². The van der Waals surface area contributed by atoms with Gasteiger partial charge in [-0.15, -0.1) is 0 Å². The van der Waals surface area contributed by atoms with Gasteiger partial charge in [-0.2, -0.15) is 0 Å². The molecule has 3 aromatic carbocycles. The minimum Gasteiger partial charge on any atom is -0.296 e. The van der Waals surface area contributed by atoms with Gasteiger partial charge in [0.1, 0.15) is 0 Å². The summed E-state index contributed by atoms with van der Waals surface area (Å²) in [6.07, 6.45) is 3.56. The summed E-state index contributed by atoms with van der Waals surface area (Å²) in [6.45, 7) is 4.42. The number of piperidine rings is 1. The van der Waals surface area contributed by atoms with Crippen molar-refractivity contribution in [1.82, 2.24) is 9.96 Å². The average molecular weight is 554 g/mol. The zero-order chi connectivity index (χ0) is 27.0. The number of hydrogen-bond donors (Lipinski definition) is 0. The van der Waals surface area contributed by atoms with Gasteiger partial charge >= 0.3 is 0 Å². The van der Waals surface area contributed by atoms with Gasteiger partial charge in [0, 0.05) is 23.4 Å². The maximum Gasteiger partial charge on any atom is 0.233 e. The maximum absolute atomic E-state index is 13.0. The number of hydroxylamine groups is 2. The van der Waals surface area contributed by atoms with Crippen LogP contribution in [0.25, 0.3) is 0 Å². The summed E-state index contributed by atoms with van der Waals surface area (Å²) in [6, 6.07) is 25.6. The van der Waals surface area contributed by atoms with Gasteiger partial charge in [-0.25, -0.2) is 5.06 Å². The first kappa shape index (κ1) is 28.3. The van der Waals surface area contributed by atoms with Crippen LogP contribution in [-0.2, 0) is 15.0 Å². The zero-order valence-corrected chi connectivity index (χ0v) is 23.2. The highest BCUT2D eigenvalue weighted by Crippen LogP contribution is 2.40. The molecule has 0 saturated carbocycles. The third-order valence-corrected chi connectivity index (χ3v) is 8.26. The molecule has 4 rings (SSSR count). The molecule has 7 heteroatoms. The molecule has 0 bridgehead atoms. The Bertz CT molecular complexity index is 1200. The second-order valence-corrected chi connectivity index (χ2v) is 10.6. The van der Waals surface area contributed by atoms with Crippen molar-refractivity contribution in [3.63, 3.8) is 0 Å². The number of likely N-dealkylation sites (tertiary alicyclic amines) is 1. The first-order valence-electron chi connectivity index (χ1n) is 13.1. The monoisotopic (exact) mass is 552 g/mol. The fraction of sp³-hybridized carbons (Fsp3) is 0.355. The van der Waals surface area contributed by atoms with Gasteiger partial charge < -0.3 is 0 Å². The molecular formula is C31H34Cl2N2O3. The molecule has 200 valence electrons. The number of halogens is 2. The summed E-state index contributed by atoms with van der Waals surface area (Å²) in [5.41, 5.74) is 2.76.